The maximum Gasteiger partial charge on any atom is 0.112 e. The molecule has 4 heteroatoms. The largest absolute Gasteiger partial charge is 0.397 e. The van der Waals surface area contributed by atoms with Crippen molar-refractivity contribution in [2.45, 2.75) is 39.2 Å². The zero-order chi connectivity index (χ0) is 13.0. The standard InChI is InChI=1S/C14H21N3O/c1-2-3-8-13-16-14-11(15)6-4-7-12(14)17(13)9-5-10-18/h4,6-7,18H,2-3,5,8-10,15H2,1H3. The normalized spacial score (nSPS) is 11.2. The fourth-order valence-electron chi connectivity index (χ4n) is 2.22. The summed E-state index contributed by atoms with van der Waals surface area (Å²) in [5, 5.41) is 9.00. The van der Waals surface area contributed by atoms with E-state index in [0.717, 1.165) is 54.8 Å². The van der Waals surface area contributed by atoms with Gasteiger partial charge in [0.2, 0.25) is 0 Å². The van der Waals surface area contributed by atoms with E-state index in [1.165, 1.54) is 0 Å². The average molecular weight is 247 g/mol. The lowest BCUT2D eigenvalue weighted by molar-refractivity contribution is 0.279. The molecular weight excluding hydrogens is 226 g/mol. The highest BCUT2D eigenvalue weighted by atomic mass is 16.3. The lowest BCUT2D eigenvalue weighted by Gasteiger charge is -2.07. The van der Waals surface area contributed by atoms with Crippen LogP contribution in [0.1, 0.15) is 32.0 Å². The van der Waals surface area contributed by atoms with Gasteiger partial charge in [-0.2, -0.15) is 0 Å². The molecule has 2 aromatic rings. The van der Waals surface area contributed by atoms with Gasteiger partial charge in [-0.1, -0.05) is 19.4 Å². The van der Waals surface area contributed by atoms with E-state index in [4.69, 9.17) is 10.8 Å². The molecule has 0 fully saturated rings. The summed E-state index contributed by atoms with van der Waals surface area (Å²) in [6.07, 6.45) is 4.00. The number of aliphatic hydroxyl groups excluding tert-OH is 1. The molecule has 0 saturated heterocycles. The second-order valence-electron chi connectivity index (χ2n) is 4.58. The number of para-hydroxylation sites is 1. The van der Waals surface area contributed by atoms with E-state index >= 15 is 0 Å². The molecule has 18 heavy (non-hydrogen) atoms. The molecule has 1 heterocycles. The van der Waals surface area contributed by atoms with Gasteiger partial charge in [-0.25, -0.2) is 4.98 Å². The van der Waals surface area contributed by atoms with Crippen LogP contribution in [0.5, 0.6) is 0 Å². The molecule has 0 saturated carbocycles. The van der Waals surface area contributed by atoms with Gasteiger partial charge < -0.3 is 15.4 Å². The summed E-state index contributed by atoms with van der Waals surface area (Å²) in [4.78, 5) is 4.66. The minimum atomic E-state index is 0.204. The van der Waals surface area contributed by atoms with Crippen molar-refractivity contribution in [2.24, 2.45) is 0 Å². The maximum atomic E-state index is 9.00. The molecule has 0 aliphatic carbocycles. The molecular formula is C14H21N3O. The number of nitrogen functional groups attached to an aromatic ring is 1. The number of nitrogens with zero attached hydrogens (tertiary/aromatic N) is 2. The zero-order valence-electron chi connectivity index (χ0n) is 10.9. The van der Waals surface area contributed by atoms with Crippen molar-refractivity contribution in [1.29, 1.82) is 0 Å². The molecule has 0 aliphatic heterocycles. The molecule has 0 bridgehead atoms. The van der Waals surface area contributed by atoms with Crippen molar-refractivity contribution in [2.75, 3.05) is 12.3 Å². The van der Waals surface area contributed by atoms with Gasteiger partial charge in [0, 0.05) is 19.6 Å². The maximum absolute atomic E-state index is 9.00. The Labute approximate surface area is 107 Å². The zero-order valence-corrected chi connectivity index (χ0v) is 10.9. The van der Waals surface area contributed by atoms with Crippen molar-refractivity contribution >= 4 is 16.7 Å². The monoisotopic (exact) mass is 247 g/mol. The topological polar surface area (TPSA) is 64.1 Å². The molecule has 0 unspecified atom stereocenters. The molecule has 3 N–H and O–H groups in total. The third-order valence-corrected chi connectivity index (χ3v) is 3.18. The van der Waals surface area contributed by atoms with Gasteiger partial charge in [0.1, 0.15) is 11.3 Å². The van der Waals surface area contributed by atoms with Gasteiger partial charge in [0.05, 0.1) is 11.2 Å². The first-order valence-corrected chi connectivity index (χ1v) is 6.62. The van der Waals surface area contributed by atoms with Crippen LogP contribution in [0.2, 0.25) is 0 Å². The van der Waals surface area contributed by atoms with E-state index in [9.17, 15) is 0 Å². The van der Waals surface area contributed by atoms with Crippen LogP contribution in [0.3, 0.4) is 0 Å². The van der Waals surface area contributed by atoms with Crippen LogP contribution in [-0.2, 0) is 13.0 Å². The molecule has 0 radical (unpaired) electrons. The van der Waals surface area contributed by atoms with Crippen LogP contribution in [0.25, 0.3) is 11.0 Å². The molecule has 0 spiro atoms. The number of fused-ring (bicyclic) bond motifs is 1. The van der Waals surface area contributed by atoms with Crippen LogP contribution in [0.15, 0.2) is 18.2 Å². The lowest BCUT2D eigenvalue weighted by atomic mass is 10.2. The highest BCUT2D eigenvalue weighted by molar-refractivity contribution is 5.87. The predicted molar refractivity (Wildman–Crippen MR) is 74.5 cm³/mol. The molecule has 0 amide bonds. The van der Waals surface area contributed by atoms with E-state index in [1.54, 1.807) is 0 Å². The van der Waals surface area contributed by atoms with Crippen LogP contribution < -0.4 is 5.73 Å². The van der Waals surface area contributed by atoms with E-state index in [-0.39, 0.29) is 6.61 Å². The van der Waals surface area contributed by atoms with Gasteiger partial charge in [0.25, 0.3) is 0 Å². The number of aryl methyl sites for hydroxylation is 2. The van der Waals surface area contributed by atoms with E-state index in [2.05, 4.69) is 16.5 Å². The van der Waals surface area contributed by atoms with Crippen molar-refractivity contribution in [3.8, 4) is 0 Å². The Hall–Kier alpha value is -1.55. The summed E-state index contributed by atoms with van der Waals surface area (Å²) >= 11 is 0. The minimum absolute atomic E-state index is 0.204. The van der Waals surface area contributed by atoms with Crippen molar-refractivity contribution in [3.05, 3.63) is 24.0 Å². The molecule has 98 valence electrons. The molecule has 1 aromatic heterocycles. The lowest BCUT2D eigenvalue weighted by Crippen LogP contribution is -2.05. The van der Waals surface area contributed by atoms with E-state index in [0.29, 0.717) is 0 Å². The van der Waals surface area contributed by atoms with Gasteiger partial charge >= 0.3 is 0 Å². The smallest absolute Gasteiger partial charge is 0.112 e. The van der Waals surface area contributed by atoms with Crippen LogP contribution in [0, 0.1) is 0 Å². The molecule has 0 atom stereocenters. The average Bonchev–Trinajstić information content (AvgIpc) is 2.73. The Morgan fingerprint density at radius 1 is 1.33 bits per heavy atom. The van der Waals surface area contributed by atoms with Crippen LogP contribution in [0.4, 0.5) is 5.69 Å². The van der Waals surface area contributed by atoms with Gasteiger partial charge in [-0.15, -0.1) is 0 Å². The number of hydrogen-bond donors (Lipinski definition) is 2. The third kappa shape index (κ3) is 2.48. The highest BCUT2D eigenvalue weighted by Gasteiger charge is 2.11. The molecule has 4 nitrogen and oxygen atoms in total. The number of nitrogens with two attached hydrogens (primary N) is 1. The summed E-state index contributed by atoms with van der Waals surface area (Å²) in [7, 11) is 0. The number of hydrogen-bond acceptors (Lipinski definition) is 3. The summed E-state index contributed by atoms with van der Waals surface area (Å²) in [6, 6.07) is 5.89. The summed E-state index contributed by atoms with van der Waals surface area (Å²) in [5.74, 6) is 1.08. The van der Waals surface area contributed by atoms with Crippen LogP contribution >= 0.6 is 0 Å². The quantitative estimate of drug-likeness (QED) is 0.770. The molecule has 2 rings (SSSR count). The predicted octanol–water partition coefficient (Wildman–Crippen LogP) is 2.34. The second-order valence-corrected chi connectivity index (χ2v) is 4.58. The first-order chi connectivity index (χ1) is 8.77. The number of anilines is 1. The Kier molecular flexibility index (Phi) is 4.20. The number of benzene rings is 1. The van der Waals surface area contributed by atoms with Gasteiger partial charge in [-0.05, 0) is 25.0 Å². The molecule has 1 aromatic carbocycles. The first-order valence-electron chi connectivity index (χ1n) is 6.62. The number of aromatic nitrogens is 2. The number of aliphatic hydroxyl groups is 1. The Morgan fingerprint density at radius 3 is 2.89 bits per heavy atom. The Balaban J connectivity index is 2.42. The summed E-state index contributed by atoms with van der Waals surface area (Å²) < 4.78 is 2.19. The van der Waals surface area contributed by atoms with E-state index < -0.39 is 0 Å². The van der Waals surface area contributed by atoms with Crippen LogP contribution in [-0.4, -0.2) is 21.3 Å². The van der Waals surface area contributed by atoms with Crippen molar-refractivity contribution in [3.63, 3.8) is 0 Å². The van der Waals surface area contributed by atoms with Crippen molar-refractivity contribution < 1.29 is 5.11 Å². The fraction of sp³-hybridized carbons (Fsp3) is 0.500. The summed E-state index contributed by atoms with van der Waals surface area (Å²) in [5.41, 5.74) is 8.67. The SMILES string of the molecule is CCCCc1nc2c(N)cccc2n1CCCO. The Morgan fingerprint density at radius 2 is 2.17 bits per heavy atom. The van der Waals surface area contributed by atoms with Gasteiger partial charge in [0.15, 0.2) is 0 Å². The number of imidazole rings is 1. The van der Waals surface area contributed by atoms with Gasteiger partial charge in [-0.3, -0.25) is 0 Å². The summed E-state index contributed by atoms with van der Waals surface area (Å²) in [6.45, 7) is 3.18. The number of rotatable bonds is 6. The third-order valence-electron chi connectivity index (χ3n) is 3.18. The first kappa shape index (κ1) is 12.9. The molecule has 0 aliphatic rings. The fourth-order valence-corrected chi connectivity index (χ4v) is 2.22. The second kappa shape index (κ2) is 5.87. The minimum Gasteiger partial charge on any atom is -0.397 e. The Bertz CT molecular complexity index is 519. The van der Waals surface area contributed by atoms with Crippen molar-refractivity contribution in [1.82, 2.24) is 9.55 Å². The highest BCUT2D eigenvalue weighted by Crippen LogP contribution is 2.23. The van der Waals surface area contributed by atoms with E-state index in [1.807, 2.05) is 18.2 Å². The number of unbranched alkanes of at least 4 members (excludes halogenated alkanes) is 1.